The van der Waals surface area contributed by atoms with Crippen LogP contribution in [0.25, 0.3) is 27.6 Å². The van der Waals surface area contributed by atoms with Crippen molar-refractivity contribution in [2.75, 3.05) is 44.0 Å². The summed E-state index contributed by atoms with van der Waals surface area (Å²) in [4.78, 5) is 24.7. The first-order valence-electron chi connectivity index (χ1n) is 14.4. The molecule has 0 saturated carbocycles. The van der Waals surface area contributed by atoms with E-state index in [-0.39, 0.29) is 11.9 Å². The van der Waals surface area contributed by atoms with Crippen LogP contribution in [0.3, 0.4) is 0 Å². The van der Waals surface area contributed by atoms with Gasteiger partial charge in [0.2, 0.25) is 5.88 Å². The lowest BCUT2D eigenvalue weighted by Crippen LogP contribution is -2.35. The minimum absolute atomic E-state index is 0.176. The fraction of sp³-hybridized carbons (Fsp3) is 0.273. The van der Waals surface area contributed by atoms with E-state index in [4.69, 9.17) is 19.6 Å². The number of rotatable bonds is 8. The first-order chi connectivity index (χ1) is 21.0. The highest BCUT2D eigenvalue weighted by atomic mass is 16.5. The highest BCUT2D eigenvalue weighted by Crippen LogP contribution is 2.33. The molecule has 6 rings (SSSR count). The largest absolute Gasteiger partial charge is 0.481 e. The molecule has 0 unspecified atom stereocenters. The molecule has 2 aromatic carbocycles. The second-order valence-corrected chi connectivity index (χ2v) is 10.8. The molecule has 3 aromatic heterocycles. The average molecular weight is 578 g/mol. The Kier molecular flexibility index (Phi) is 8.30. The number of nitrogens with one attached hydrogen (secondary N) is 2. The Hall–Kier alpha value is -4.80. The van der Waals surface area contributed by atoms with Crippen molar-refractivity contribution in [1.29, 1.82) is 0 Å². The van der Waals surface area contributed by atoms with Crippen molar-refractivity contribution in [3.63, 3.8) is 0 Å². The summed E-state index contributed by atoms with van der Waals surface area (Å²) in [5.41, 5.74) is 5.38. The van der Waals surface area contributed by atoms with Gasteiger partial charge in [0.1, 0.15) is 5.82 Å². The second kappa shape index (κ2) is 12.6. The second-order valence-electron chi connectivity index (χ2n) is 10.8. The molecule has 1 aliphatic rings. The number of carbonyl (C=O) groups excluding carboxylic acids is 1. The molecular formula is C33H35N7O3. The number of hydrogen-bond donors (Lipinski definition) is 2. The molecule has 220 valence electrons. The van der Waals surface area contributed by atoms with Gasteiger partial charge < -0.3 is 14.8 Å². The predicted octanol–water partition coefficient (Wildman–Crippen LogP) is 6.09. The summed E-state index contributed by atoms with van der Waals surface area (Å²) >= 11 is 0. The van der Waals surface area contributed by atoms with E-state index in [1.54, 1.807) is 24.1 Å². The van der Waals surface area contributed by atoms with Gasteiger partial charge in [0.05, 0.1) is 49.3 Å². The van der Waals surface area contributed by atoms with Crippen LogP contribution >= 0.6 is 0 Å². The molecule has 0 aliphatic carbocycles. The topological polar surface area (TPSA) is 106 Å². The third-order valence-corrected chi connectivity index (χ3v) is 7.53. The van der Waals surface area contributed by atoms with Crippen LogP contribution in [0, 0.1) is 0 Å². The highest BCUT2D eigenvalue weighted by molar-refractivity contribution is 6.09. The number of urea groups is 1. The van der Waals surface area contributed by atoms with Crippen LogP contribution < -0.4 is 15.4 Å². The van der Waals surface area contributed by atoms with Crippen LogP contribution in [0.2, 0.25) is 0 Å². The number of benzene rings is 2. The van der Waals surface area contributed by atoms with Gasteiger partial charge in [-0.1, -0.05) is 50.2 Å². The van der Waals surface area contributed by atoms with Crippen molar-refractivity contribution in [2.45, 2.75) is 26.3 Å². The summed E-state index contributed by atoms with van der Waals surface area (Å²) in [7, 11) is 1.57. The van der Waals surface area contributed by atoms with Gasteiger partial charge in [-0.3, -0.25) is 15.2 Å². The molecule has 1 saturated heterocycles. The van der Waals surface area contributed by atoms with E-state index < -0.39 is 0 Å². The van der Waals surface area contributed by atoms with Crippen LogP contribution in [0.15, 0.2) is 79.1 Å². The summed E-state index contributed by atoms with van der Waals surface area (Å²) < 4.78 is 12.3. The summed E-state index contributed by atoms with van der Waals surface area (Å²) in [5, 5.41) is 12.7. The van der Waals surface area contributed by atoms with Gasteiger partial charge in [0.25, 0.3) is 0 Å². The van der Waals surface area contributed by atoms with Crippen molar-refractivity contribution in [3.05, 3.63) is 90.5 Å². The van der Waals surface area contributed by atoms with Gasteiger partial charge in [0, 0.05) is 48.9 Å². The maximum absolute atomic E-state index is 13.3. The van der Waals surface area contributed by atoms with Crippen LogP contribution in [-0.4, -0.2) is 64.1 Å². The number of pyridine rings is 2. The van der Waals surface area contributed by atoms with Gasteiger partial charge in [-0.2, -0.15) is 5.10 Å². The number of amides is 2. The molecule has 10 nitrogen and oxygen atoms in total. The fourth-order valence-electron chi connectivity index (χ4n) is 5.18. The standard InChI is InChI=1S/C33H35N7O3/c1-22(2)30-18-31(40(38-30)25-10-13-32(42-3)35-20-25)37-33(41)36-29-12-11-26(27-6-4-5-7-28(27)29)23-8-9-24(34-19-23)21-39-14-16-43-17-15-39/h4-13,18-20,22H,14-17,21H2,1-3H3,(H2,36,37,41). The molecule has 5 aromatic rings. The Labute approximate surface area is 250 Å². The van der Waals surface area contributed by atoms with Crippen molar-refractivity contribution in [1.82, 2.24) is 24.6 Å². The maximum Gasteiger partial charge on any atom is 0.324 e. The van der Waals surface area contributed by atoms with E-state index in [0.717, 1.165) is 66.1 Å². The maximum atomic E-state index is 13.3. The quantitative estimate of drug-likeness (QED) is 0.230. The van der Waals surface area contributed by atoms with E-state index in [0.29, 0.717) is 23.1 Å². The number of ether oxygens (including phenoxy) is 2. The number of nitrogens with zero attached hydrogens (tertiary/aromatic N) is 5. The van der Waals surface area contributed by atoms with E-state index in [1.807, 2.05) is 48.7 Å². The Morgan fingerprint density at radius 1 is 0.953 bits per heavy atom. The SMILES string of the molecule is COc1ccc(-n2nc(C(C)C)cc2NC(=O)Nc2ccc(-c3ccc(CN4CCOCC4)nc3)c3ccccc23)cn1. The van der Waals surface area contributed by atoms with Crippen molar-refractivity contribution < 1.29 is 14.3 Å². The minimum atomic E-state index is -0.370. The molecule has 1 fully saturated rings. The Bertz CT molecular complexity index is 1710. The first kappa shape index (κ1) is 28.3. The number of anilines is 2. The zero-order valence-corrected chi connectivity index (χ0v) is 24.6. The highest BCUT2D eigenvalue weighted by Gasteiger charge is 2.17. The molecule has 0 radical (unpaired) electrons. The average Bonchev–Trinajstić information content (AvgIpc) is 3.46. The third-order valence-electron chi connectivity index (χ3n) is 7.53. The molecule has 2 N–H and O–H groups in total. The van der Waals surface area contributed by atoms with Crippen molar-refractivity contribution >= 4 is 28.3 Å². The van der Waals surface area contributed by atoms with Crippen molar-refractivity contribution in [3.8, 4) is 22.7 Å². The lowest BCUT2D eigenvalue weighted by atomic mass is 9.98. The van der Waals surface area contributed by atoms with Crippen LogP contribution in [-0.2, 0) is 11.3 Å². The Balaban J connectivity index is 1.22. The predicted molar refractivity (Wildman–Crippen MR) is 168 cm³/mol. The zero-order chi connectivity index (χ0) is 29.8. The van der Waals surface area contributed by atoms with Crippen LogP contribution in [0.4, 0.5) is 16.3 Å². The number of fused-ring (bicyclic) bond motifs is 1. The number of carbonyl (C=O) groups is 1. The van der Waals surface area contributed by atoms with E-state index in [2.05, 4.69) is 52.6 Å². The Morgan fingerprint density at radius 2 is 1.77 bits per heavy atom. The number of methoxy groups -OCH3 is 1. The number of hydrogen-bond acceptors (Lipinski definition) is 7. The zero-order valence-electron chi connectivity index (χ0n) is 24.6. The first-order valence-corrected chi connectivity index (χ1v) is 14.4. The van der Waals surface area contributed by atoms with Gasteiger partial charge in [-0.25, -0.2) is 14.5 Å². The number of aromatic nitrogens is 4. The summed E-state index contributed by atoms with van der Waals surface area (Å²) in [5.74, 6) is 1.22. The van der Waals surface area contributed by atoms with E-state index in [9.17, 15) is 4.79 Å². The molecule has 0 spiro atoms. The molecule has 0 atom stereocenters. The van der Waals surface area contributed by atoms with Crippen molar-refractivity contribution in [2.24, 2.45) is 0 Å². The van der Waals surface area contributed by atoms with Gasteiger partial charge in [-0.05, 0) is 35.1 Å². The molecule has 10 heteroatoms. The summed E-state index contributed by atoms with van der Waals surface area (Å²) in [6.45, 7) is 8.32. The summed E-state index contributed by atoms with van der Waals surface area (Å²) in [6.07, 6.45) is 3.59. The normalized spacial score (nSPS) is 13.8. The smallest absolute Gasteiger partial charge is 0.324 e. The van der Waals surface area contributed by atoms with E-state index >= 15 is 0 Å². The number of morpholine rings is 1. The molecule has 2 amide bonds. The molecule has 43 heavy (non-hydrogen) atoms. The van der Waals surface area contributed by atoms with Gasteiger partial charge >= 0.3 is 6.03 Å². The lowest BCUT2D eigenvalue weighted by Gasteiger charge is -2.26. The van der Waals surface area contributed by atoms with Gasteiger partial charge in [0.15, 0.2) is 0 Å². The molecule has 4 heterocycles. The molecular weight excluding hydrogens is 542 g/mol. The molecule has 1 aliphatic heterocycles. The fourth-order valence-corrected chi connectivity index (χ4v) is 5.18. The van der Waals surface area contributed by atoms with Crippen LogP contribution in [0.5, 0.6) is 5.88 Å². The molecule has 0 bridgehead atoms. The minimum Gasteiger partial charge on any atom is -0.481 e. The van der Waals surface area contributed by atoms with E-state index in [1.165, 1.54) is 0 Å². The third kappa shape index (κ3) is 6.35. The van der Waals surface area contributed by atoms with Crippen LogP contribution in [0.1, 0.15) is 31.2 Å². The monoisotopic (exact) mass is 577 g/mol. The van der Waals surface area contributed by atoms with Gasteiger partial charge in [-0.15, -0.1) is 0 Å². The summed E-state index contributed by atoms with van der Waals surface area (Å²) in [6, 6.07) is 21.3. The Morgan fingerprint density at radius 3 is 2.47 bits per heavy atom. The lowest BCUT2D eigenvalue weighted by molar-refractivity contribution is 0.0336.